The molecule has 164 valence electrons. The zero-order valence-electron chi connectivity index (χ0n) is 15.7. The molecule has 1 fully saturated rings. The standard InChI is InChI=1S/C18H21FN2O6S3/c19-14-3-7-15(8-4-14)29(24,25)18-12-28(22,23)11-17(18)21-10-9-13-1-5-16(6-2-13)30(20,26)27/h1-8,17-18,21H,9-12H2,(H2,20,26,27)/t17-,18-/m1/s1. The molecule has 3 N–H and O–H groups in total. The summed E-state index contributed by atoms with van der Waals surface area (Å²) in [4.78, 5) is -0.150. The highest BCUT2D eigenvalue weighted by Gasteiger charge is 2.45. The summed E-state index contributed by atoms with van der Waals surface area (Å²) >= 11 is 0. The van der Waals surface area contributed by atoms with Gasteiger partial charge in [0.15, 0.2) is 19.7 Å². The Morgan fingerprint density at radius 2 is 1.50 bits per heavy atom. The quantitative estimate of drug-likeness (QED) is 0.546. The summed E-state index contributed by atoms with van der Waals surface area (Å²) in [5, 5.41) is 6.86. The molecule has 30 heavy (non-hydrogen) atoms. The van der Waals surface area contributed by atoms with Crippen LogP contribution in [-0.4, -0.2) is 54.6 Å². The Bertz CT molecular complexity index is 1230. The normalized spacial score (nSPS) is 21.5. The maximum Gasteiger partial charge on any atom is 0.238 e. The van der Waals surface area contributed by atoms with Crippen molar-refractivity contribution in [3.8, 4) is 0 Å². The molecule has 8 nitrogen and oxygen atoms in total. The highest BCUT2D eigenvalue weighted by molar-refractivity contribution is 7.96. The molecule has 0 radical (unpaired) electrons. The molecule has 3 rings (SSSR count). The number of benzene rings is 2. The Kier molecular flexibility index (Phi) is 6.35. The van der Waals surface area contributed by atoms with Gasteiger partial charge in [-0.3, -0.25) is 0 Å². The molecule has 0 aliphatic carbocycles. The largest absolute Gasteiger partial charge is 0.311 e. The van der Waals surface area contributed by atoms with Gasteiger partial charge in [-0.25, -0.2) is 34.8 Å². The lowest BCUT2D eigenvalue weighted by Crippen LogP contribution is -2.44. The lowest BCUT2D eigenvalue weighted by Gasteiger charge is -2.20. The number of sulfone groups is 2. The lowest BCUT2D eigenvalue weighted by molar-refractivity contribution is 0.528. The molecule has 1 saturated heterocycles. The number of nitrogens with one attached hydrogen (secondary N) is 1. The molecule has 0 aromatic heterocycles. The molecule has 2 aromatic carbocycles. The van der Waals surface area contributed by atoms with E-state index in [1.54, 1.807) is 12.1 Å². The predicted molar refractivity (Wildman–Crippen MR) is 109 cm³/mol. The second-order valence-electron chi connectivity index (χ2n) is 7.11. The first-order chi connectivity index (χ1) is 13.9. The van der Waals surface area contributed by atoms with E-state index >= 15 is 0 Å². The molecule has 0 saturated carbocycles. The van der Waals surface area contributed by atoms with Crippen LogP contribution in [0.2, 0.25) is 0 Å². The second kappa shape index (κ2) is 8.35. The number of nitrogens with two attached hydrogens (primary N) is 1. The van der Waals surface area contributed by atoms with Gasteiger partial charge >= 0.3 is 0 Å². The number of halogens is 1. The van der Waals surface area contributed by atoms with Gasteiger partial charge in [-0.1, -0.05) is 12.1 Å². The maximum atomic E-state index is 13.1. The highest BCUT2D eigenvalue weighted by atomic mass is 32.2. The highest BCUT2D eigenvalue weighted by Crippen LogP contribution is 2.26. The third-order valence-electron chi connectivity index (χ3n) is 4.91. The molecule has 0 spiro atoms. The minimum atomic E-state index is -3.98. The van der Waals surface area contributed by atoms with E-state index in [-0.39, 0.29) is 22.1 Å². The molecule has 12 heteroatoms. The fourth-order valence-electron chi connectivity index (χ4n) is 3.36. The van der Waals surface area contributed by atoms with Crippen LogP contribution in [0.1, 0.15) is 5.56 Å². The van der Waals surface area contributed by atoms with Gasteiger partial charge < -0.3 is 5.32 Å². The van der Waals surface area contributed by atoms with E-state index in [2.05, 4.69) is 5.32 Å². The van der Waals surface area contributed by atoms with E-state index in [4.69, 9.17) is 5.14 Å². The number of rotatable bonds is 7. The van der Waals surface area contributed by atoms with E-state index < -0.39 is 52.6 Å². The SMILES string of the molecule is NS(=O)(=O)c1ccc(CCN[C@@H]2CS(=O)(=O)C[C@H]2S(=O)(=O)c2ccc(F)cc2)cc1. The van der Waals surface area contributed by atoms with Crippen molar-refractivity contribution in [1.82, 2.24) is 5.32 Å². The monoisotopic (exact) mass is 476 g/mol. The van der Waals surface area contributed by atoms with Crippen LogP contribution in [-0.2, 0) is 36.1 Å². The summed E-state index contributed by atoms with van der Waals surface area (Å²) in [6.07, 6.45) is 0.421. The van der Waals surface area contributed by atoms with Crippen LogP contribution >= 0.6 is 0 Å². The van der Waals surface area contributed by atoms with E-state index in [0.29, 0.717) is 6.42 Å². The van der Waals surface area contributed by atoms with Crippen molar-refractivity contribution in [3.05, 3.63) is 59.9 Å². The van der Waals surface area contributed by atoms with Gasteiger partial charge in [0.05, 0.1) is 26.5 Å². The van der Waals surface area contributed by atoms with Crippen LogP contribution in [0, 0.1) is 5.82 Å². The number of sulfonamides is 1. The minimum absolute atomic E-state index is 0.0217. The molecule has 0 bridgehead atoms. The van der Waals surface area contributed by atoms with Gasteiger partial charge in [0.2, 0.25) is 10.0 Å². The molecule has 0 amide bonds. The van der Waals surface area contributed by atoms with Crippen LogP contribution in [0.4, 0.5) is 4.39 Å². The molecule has 2 aromatic rings. The first-order valence-corrected chi connectivity index (χ1v) is 13.8. The summed E-state index contributed by atoms with van der Waals surface area (Å²) in [7, 11) is -11.3. The zero-order chi connectivity index (χ0) is 22.2. The van der Waals surface area contributed by atoms with Crippen molar-refractivity contribution >= 4 is 29.7 Å². The van der Waals surface area contributed by atoms with Crippen molar-refractivity contribution in [3.63, 3.8) is 0 Å². The summed E-state index contributed by atoms with van der Waals surface area (Å²) in [5.74, 6) is -1.41. The van der Waals surface area contributed by atoms with Gasteiger partial charge in [-0.05, 0) is 54.9 Å². The van der Waals surface area contributed by atoms with Gasteiger partial charge in [0.1, 0.15) is 5.82 Å². The van der Waals surface area contributed by atoms with Crippen molar-refractivity contribution in [2.24, 2.45) is 5.14 Å². The Hall–Kier alpha value is -1.86. The van der Waals surface area contributed by atoms with Crippen LogP contribution in [0.5, 0.6) is 0 Å². The Balaban J connectivity index is 1.71. The zero-order valence-corrected chi connectivity index (χ0v) is 18.2. The first kappa shape index (κ1) is 22.8. The lowest BCUT2D eigenvalue weighted by atomic mass is 10.1. The van der Waals surface area contributed by atoms with Crippen molar-refractivity contribution in [1.29, 1.82) is 0 Å². The Morgan fingerprint density at radius 3 is 2.07 bits per heavy atom. The molecule has 1 aliphatic heterocycles. The number of primary sulfonamides is 1. The van der Waals surface area contributed by atoms with Gasteiger partial charge in [0, 0.05) is 6.04 Å². The molecular weight excluding hydrogens is 455 g/mol. The molecule has 1 aliphatic rings. The average Bonchev–Trinajstić information content (AvgIpc) is 2.97. The predicted octanol–water partition coefficient (Wildman–Crippen LogP) is 0.245. The topological polar surface area (TPSA) is 140 Å². The summed E-state index contributed by atoms with van der Waals surface area (Å²) < 4.78 is 85.8. The molecular formula is C18H21FN2O6S3. The minimum Gasteiger partial charge on any atom is -0.311 e. The van der Waals surface area contributed by atoms with Crippen LogP contribution in [0.3, 0.4) is 0 Å². The summed E-state index contributed by atoms with van der Waals surface area (Å²) in [6, 6.07) is 9.37. The Labute approximate surface area is 175 Å². The van der Waals surface area contributed by atoms with Crippen molar-refractivity contribution in [2.75, 3.05) is 18.1 Å². The molecule has 2 atom stereocenters. The molecule has 1 heterocycles. The molecule has 0 unspecified atom stereocenters. The van der Waals surface area contributed by atoms with E-state index in [1.165, 1.54) is 12.1 Å². The van der Waals surface area contributed by atoms with E-state index in [1.807, 2.05) is 0 Å². The van der Waals surface area contributed by atoms with E-state index in [9.17, 15) is 29.6 Å². The fourth-order valence-corrected chi connectivity index (χ4v) is 8.59. The average molecular weight is 477 g/mol. The number of hydrogen-bond acceptors (Lipinski definition) is 7. The third kappa shape index (κ3) is 5.24. The fraction of sp³-hybridized carbons (Fsp3) is 0.333. The van der Waals surface area contributed by atoms with Gasteiger partial charge in [-0.15, -0.1) is 0 Å². The van der Waals surface area contributed by atoms with Crippen molar-refractivity contribution < 1.29 is 29.6 Å². The Morgan fingerprint density at radius 1 is 0.933 bits per heavy atom. The summed E-state index contributed by atoms with van der Waals surface area (Å²) in [6.45, 7) is 0.282. The summed E-state index contributed by atoms with van der Waals surface area (Å²) in [5.41, 5.74) is 0.772. The van der Waals surface area contributed by atoms with Crippen LogP contribution < -0.4 is 10.5 Å². The van der Waals surface area contributed by atoms with Gasteiger partial charge in [-0.2, -0.15) is 0 Å². The van der Waals surface area contributed by atoms with Crippen LogP contribution in [0.25, 0.3) is 0 Å². The van der Waals surface area contributed by atoms with E-state index in [0.717, 1.165) is 29.8 Å². The maximum absolute atomic E-state index is 13.1. The van der Waals surface area contributed by atoms with Crippen LogP contribution in [0.15, 0.2) is 58.3 Å². The third-order valence-corrected chi connectivity index (χ3v) is 10.0. The van der Waals surface area contributed by atoms with Gasteiger partial charge in [0.25, 0.3) is 0 Å². The first-order valence-electron chi connectivity index (χ1n) is 8.93. The second-order valence-corrected chi connectivity index (χ2v) is 13.0. The smallest absolute Gasteiger partial charge is 0.238 e. The number of hydrogen-bond donors (Lipinski definition) is 2. The van der Waals surface area contributed by atoms with Crippen molar-refractivity contribution in [2.45, 2.75) is 27.5 Å².